The monoisotopic (exact) mass is 326 g/mol. The lowest BCUT2D eigenvalue weighted by Gasteiger charge is -2.12. The van der Waals surface area contributed by atoms with Gasteiger partial charge in [-0.15, -0.1) is 11.3 Å². The Morgan fingerprint density at radius 1 is 1.38 bits per heavy atom. The third-order valence-electron chi connectivity index (χ3n) is 3.54. The van der Waals surface area contributed by atoms with Crippen molar-refractivity contribution in [1.29, 1.82) is 0 Å². The maximum Gasteiger partial charge on any atom is 0.226 e. The third-order valence-corrected chi connectivity index (χ3v) is 6.19. The molecule has 0 spiro atoms. The Hall–Kier alpha value is -1.41. The fraction of sp³-hybridized carbons (Fsp3) is 0.538. The van der Waals surface area contributed by atoms with Crippen molar-refractivity contribution in [3.8, 4) is 0 Å². The highest BCUT2D eigenvalue weighted by Gasteiger charge is 2.27. The van der Waals surface area contributed by atoms with E-state index in [1.54, 1.807) is 11.3 Å². The molecule has 0 amide bonds. The van der Waals surface area contributed by atoms with Gasteiger partial charge in [-0.2, -0.15) is 4.98 Å². The average Bonchev–Trinajstić information content (AvgIpc) is 3.02. The zero-order valence-electron chi connectivity index (χ0n) is 11.8. The van der Waals surface area contributed by atoms with Crippen LogP contribution in [0.4, 0.5) is 11.8 Å². The molecule has 2 aromatic heterocycles. The Balaban J connectivity index is 1.78. The molecular weight excluding hydrogens is 308 g/mol. The van der Waals surface area contributed by atoms with Gasteiger partial charge in [0.05, 0.1) is 16.9 Å². The van der Waals surface area contributed by atoms with Crippen LogP contribution in [0, 0.1) is 5.92 Å². The highest BCUT2D eigenvalue weighted by Crippen LogP contribution is 2.27. The maximum absolute atomic E-state index is 11.5. The minimum Gasteiger partial charge on any atom is -0.369 e. The lowest BCUT2D eigenvalue weighted by molar-refractivity contribution is 0.596. The standard InChI is InChI=1S/C13H18N4O2S2/c1-2-14-13-16-11(10-3-5-20-12(10)17-13)15-7-9-4-6-21(18,19)8-9/h3,5,9H,2,4,6-8H2,1H3,(H2,14,15,16,17). The van der Waals surface area contributed by atoms with E-state index in [0.29, 0.717) is 18.2 Å². The second kappa shape index (κ2) is 5.76. The quantitative estimate of drug-likeness (QED) is 0.874. The van der Waals surface area contributed by atoms with Crippen LogP contribution in [0.3, 0.4) is 0 Å². The van der Waals surface area contributed by atoms with Crippen LogP contribution in [0.5, 0.6) is 0 Å². The smallest absolute Gasteiger partial charge is 0.226 e. The molecule has 1 atom stereocenters. The van der Waals surface area contributed by atoms with Crippen molar-refractivity contribution in [2.24, 2.45) is 5.92 Å². The summed E-state index contributed by atoms with van der Waals surface area (Å²) in [6, 6.07) is 1.99. The summed E-state index contributed by atoms with van der Waals surface area (Å²) in [5, 5.41) is 9.40. The van der Waals surface area contributed by atoms with E-state index >= 15 is 0 Å². The van der Waals surface area contributed by atoms with Crippen molar-refractivity contribution >= 4 is 43.2 Å². The van der Waals surface area contributed by atoms with Crippen LogP contribution in [-0.4, -0.2) is 43.0 Å². The summed E-state index contributed by atoms with van der Waals surface area (Å²) >= 11 is 1.57. The molecule has 1 saturated heterocycles. The van der Waals surface area contributed by atoms with E-state index in [1.165, 1.54) is 0 Å². The van der Waals surface area contributed by atoms with Crippen molar-refractivity contribution in [2.45, 2.75) is 13.3 Å². The van der Waals surface area contributed by atoms with Gasteiger partial charge in [0.15, 0.2) is 9.84 Å². The summed E-state index contributed by atoms with van der Waals surface area (Å²) in [5.74, 6) is 2.13. The van der Waals surface area contributed by atoms with Crippen LogP contribution < -0.4 is 10.6 Å². The molecule has 0 bridgehead atoms. The number of hydrogen-bond acceptors (Lipinski definition) is 7. The number of sulfone groups is 1. The molecule has 1 fully saturated rings. The first kappa shape index (κ1) is 14.5. The van der Waals surface area contributed by atoms with E-state index in [2.05, 4.69) is 20.6 Å². The molecule has 1 aliphatic rings. The first-order chi connectivity index (χ1) is 10.1. The molecule has 2 N–H and O–H groups in total. The summed E-state index contributed by atoms with van der Waals surface area (Å²) < 4.78 is 23.0. The molecule has 1 unspecified atom stereocenters. The number of fused-ring (bicyclic) bond motifs is 1. The number of rotatable bonds is 5. The SMILES string of the molecule is CCNc1nc(NCC2CCS(=O)(=O)C2)c2ccsc2n1. The Morgan fingerprint density at radius 3 is 2.95 bits per heavy atom. The highest BCUT2D eigenvalue weighted by atomic mass is 32.2. The Labute approximate surface area is 127 Å². The largest absolute Gasteiger partial charge is 0.369 e. The maximum atomic E-state index is 11.5. The first-order valence-corrected chi connectivity index (χ1v) is 9.71. The van der Waals surface area contributed by atoms with Gasteiger partial charge in [0, 0.05) is 13.1 Å². The molecule has 1 aliphatic heterocycles. The van der Waals surface area contributed by atoms with Gasteiger partial charge >= 0.3 is 0 Å². The summed E-state index contributed by atoms with van der Waals surface area (Å²) in [7, 11) is -2.83. The van der Waals surface area contributed by atoms with Crippen LogP contribution in [0.15, 0.2) is 11.4 Å². The third kappa shape index (κ3) is 3.26. The molecule has 8 heteroatoms. The van der Waals surface area contributed by atoms with Crippen molar-refractivity contribution in [1.82, 2.24) is 9.97 Å². The first-order valence-electron chi connectivity index (χ1n) is 7.01. The fourth-order valence-electron chi connectivity index (χ4n) is 2.50. The number of aromatic nitrogens is 2. The molecule has 0 aromatic carbocycles. The second-order valence-corrected chi connectivity index (χ2v) is 8.34. The molecule has 0 radical (unpaired) electrons. The van der Waals surface area contributed by atoms with Gasteiger partial charge in [-0.25, -0.2) is 13.4 Å². The summed E-state index contributed by atoms with van der Waals surface area (Å²) in [4.78, 5) is 9.87. The molecular formula is C13H18N4O2S2. The number of thiophene rings is 1. The van der Waals surface area contributed by atoms with Crippen LogP contribution in [-0.2, 0) is 9.84 Å². The fourth-order valence-corrected chi connectivity index (χ4v) is 5.13. The lowest BCUT2D eigenvalue weighted by atomic mass is 10.1. The Morgan fingerprint density at radius 2 is 2.24 bits per heavy atom. The predicted octanol–water partition coefficient (Wildman–Crippen LogP) is 1.97. The molecule has 0 saturated carbocycles. The van der Waals surface area contributed by atoms with Crippen LogP contribution in [0.2, 0.25) is 0 Å². The summed E-state index contributed by atoms with van der Waals surface area (Å²) in [6.45, 7) is 3.39. The zero-order valence-corrected chi connectivity index (χ0v) is 13.4. The second-order valence-electron chi connectivity index (χ2n) is 5.22. The Kier molecular flexibility index (Phi) is 3.99. The van der Waals surface area contributed by atoms with Crippen LogP contribution in [0.25, 0.3) is 10.2 Å². The van der Waals surface area contributed by atoms with Gasteiger partial charge < -0.3 is 10.6 Å². The van der Waals surface area contributed by atoms with Gasteiger partial charge in [-0.05, 0) is 30.7 Å². The number of hydrogen-bond donors (Lipinski definition) is 2. The summed E-state index contributed by atoms with van der Waals surface area (Å²) in [6.07, 6.45) is 0.729. The van der Waals surface area contributed by atoms with Gasteiger partial charge in [-0.3, -0.25) is 0 Å². The molecule has 3 heterocycles. The topological polar surface area (TPSA) is 84.0 Å². The van der Waals surface area contributed by atoms with Gasteiger partial charge in [0.25, 0.3) is 0 Å². The minimum absolute atomic E-state index is 0.168. The lowest BCUT2D eigenvalue weighted by Crippen LogP contribution is -2.17. The van der Waals surface area contributed by atoms with E-state index < -0.39 is 9.84 Å². The number of nitrogens with one attached hydrogen (secondary N) is 2. The molecule has 0 aliphatic carbocycles. The van der Waals surface area contributed by atoms with Gasteiger partial charge in [-0.1, -0.05) is 0 Å². The van der Waals surface area contributed by atoms with Crippen molar-refractivity contribution < 1.29 is 8.42 Å². The van der Waals surface area contributed by atoms with E-state index in [1.807, 2.05) is 18.4 Å². The molecule has 3 rings (SSSR count). The molecule has 2 aromatic rings. The van der Waals surface area contributed by atoms with Crippen LogP contribution in [0.1, 0.15) is 13.3 Å². The number of nitrogens with zero attached hydrogens (tertiary/aromatic N) is 2. The average molecular weight is 326 g/mol. The van der Waals surface area contributed by atoms with E-state index in [-0.39, 0.29) is 11.7 Å². The molecule has 21 heavy (non-hydrogen) atoms. The normalized spacial score (nSPS) is 20.7. The van der Waals surface area contributed by atoms with Crippen molar-refractivity contribution in [2.75, 3.05) is 35.2 Å². The number of anilines is 2. The molecule has 114 valence electrons. The minimum atomic E-state index is -2.83. The zero-order chi connectivity index (χ0) is 14.9. The van der Waals surface area contributed by atoms with Gasteiger partial charge in [0.1, 0.15) is 10.6 Å². The molecule has 6 nitrogen and oxygen atoms in total. The van der Waals surface area contributed by atoms with Crippen molar-refractivity contribution in [3.63, 3.8) is 0 Å². The van der Waals surface area contributed by atoms with Gasteiger partial charge in [0.2, 0.25) is 5.95 Å². The van der Waals surface area contributed by atoms with E-state index in [9.17, 15) is 8.42 Å². The van der Waals surface area contributed by atoms with E-state index in [0.717, 1.165) is 29.0 Å². The van der Waals surface area contributed by atoms with Crippen molar-refractivity contribution in [3.05, 3.63) is 11.4 Å². The summed E-state index contributed by atoms with van der Waals surface area (Å²) in [5.41, 5.74) is 0. The van der Waals surface area contributed by atoms with Crippen LogP contribution >= 0.6 is 11.3 Å². The van der Waals surface area contributed by atoms with E-state index in [4.69, 9.17) is 0 Å². The predicted molar refractivity (Wildman–Crippen MR) is 86.8 cm³/mol. The highest BCUT2D eigenvalue weighted by molar-refractivity contribution is 7.91. The Bertz CT molecular complexity index is 742.